The lowest BCUT2D eigenvalue weighted by Gasteiger charge is -2.10. The highest BCUT2D eigenvalue weighted by atomic mass is 35.5. The highest BCUT2D eigenvalue weighted by Crippen LogP contribution is 2.24. The van der Waals surface area contributed by atoms with Gasteiger partial charge in [-0.05, 0) is 12.1 Å². The summed E-state index contributed by atoms with van der Waals surface area (Å²) in [6.45, 7) is 0.0741. The Hall–Kier alpha value is -1.03. The van der Waals surface area contributed by atoms with E-state index in [4.69, 9.17) is 5.73 Å². The molecule has 110 valence electrons. The molecule has 1 aromatic rings. The minimum atomic E-state index is -4.87. The van der Waals surface area contributed by atoms with E-state index in [2.05, 4.69) is 9.46 Å². The van der Waals surface area contributed by atoms with Crippen molar-refractivity contribution in [2.45, 2.75) is 11.3 Å². The first-order chi connectivity index (χ1) is 8.24. The quantitative estimate of drug-likeness (QED) is 0.855. The fourth-order valence-corrected chi connectivity index (χ4v) is 2.20. The number of alkyl halides is 3. The lowest BCUT2D eigenvalue weighted by Crippen LogP contribution is -2.29. The van der Waals surface area contributed by atoms with Gasteiger partial charge in [0, 0.05) is 19.2 Å². The number of rotatable bonds is 5. The van der Waals surface area contributed by atoms with Gasteiger partial charge in [0.15, 0.2) is 0 Å². The molecule has 0 saturated heterocycles. The molecule has 0 radical (unpaired) electrons. The van der Waals surface area contributed by atoms with E-state index in [0.29, 0.717) is 0 Å². The van der Waals surface area contributed by atoms with Gasteiger partial charge in [0.2, 0.25) is 10.0 Å². The van der Waals surface area contributed by atoms with Crippen molar-refractivity contribution in [3.63, 3.8) is 0 Å². The Morgan fingerprint density at radius 1 is 1.32 bits per heavy atom. The molecular formula is C9H12ClF3N2O3S. The zero-order valence-corrected chi connectivity index (χ0v) is 11.1. The van der Waals surface area contributed by atoms with Gasteiger partial charge >= 0.3 is 6.36 Å². The fraction of sp³-hybridized carbons (Fsp3) is 0.333. The molecule has 1 aromatic carbocycles. The molecule has 0 aromatic heterocycles. The zero-order valence-electron chi connectivity index (χ0n) is 9.48. The number of nitrogens with two attached hydrogens (primary N) is 1. The van der Waals surface area contributed by atoms with E-state index in [1.807, 2.05) is 0 Å². The first-order valence-electron chi connectivity index (χ1n) is 4.80. The number of halogens is 4. The van der Waals surface area contributed by atoms with E-state index >= 15 is 0 Å². The van der Waals surface area contributed by atoms with E-state index in [1.165, 1.54) is 0 Å². The van der Waals surface area contributed by atoms with Crippen molar-refractivity contribution in [3.8, 4) is 5.75 Å². The molecule has 0 bridgehead atoms. The lowest BCUT2D eigenvalue weighted by atomic mass is 10.3. The van der Waals surface area contributed by atoms with Crippen molar-refractivity contribution in [1.82, 2.24) is 4.72 Å². The SMILES string of the molecule is Cl.NCCNS(=O)(=O)c1cccc(OC(F)(F)F)c1. The molecule has 0 heterocycles. The Morgan fingerprint density at radius 2 is 1.95 bits per heavy atom. The molecule has 0 aliphatic rings. The Kier molecular flexibility index (Phi) is 6.57. The Labute approximate surface area is 114 Å². The third-order valence-corrected chi connectivity index (χ3v) is 3.24. The number of hydrogen-bond donors (Lipinski definition) is 2. The normalized spacial score (nSPS) is 11.8. The van der Waals surface area contributed by atoms with Crippen LogP contribution in [0, 0.1) is 0 Å². The molecule has 0 saturated carbocycles. The fourth-order valence-electron chi connectivity index (χ4n) is 1.12. The summed E-state index contributed by atoms with van der Waals surface area (Å²) in [6, 6.07) is 4.10. The summed E-state index contributed by atoms with van der Waals surface area (Å²) in [7, 11) is -3.88. The van der Waals surface area contributed by atoms with Gasteiger partial charge < -0.3 is 10.5 Å². The highest BCUT2D eigenvalue weighted by Gasteiger charge is 2.31. The third-order valence-electron chi connectivity index (χ3n) is 1.79. The first-order valence-corrected chi connectivity index (χ1v) is 6.28. The van der Waals surface area contributed by atoms with Crippen LogP contribution in [0.4, 0.5) is 13.2 Å². The van der Waals surface area contributed by atoms with Gasteiger partial charge in [0.25, 0.3) is 0 Å². The summed E-state index contributed by atoms with van der Waals surface area (Å²) in [6.07, 6.45) is -4.87. The van der Waals surface area contributed by atoms with Crippen molar-refractivity contribution < 1.29 is 26.3 Å². The van der Waals surface area contributed by atoms with E-state index in [-0.39, 0.29) is 30.4 Å². The van der Waals surface area contributed by atoms with Crippen molar-refractivity contribution >= 4 is 22.4 Å². The average Bonchev–Trinajstić information content (AvgIpc) is 2.24. The van der Waals surface area contributed by atoms with Crippen LogP contribution in [0.15, 0.2) is 29.2 Å². The van der Waals surface area contributed by atoms with Gasteiger partial charge in [-0.1, -0.05) is 6.07 Å². The molecular weight excluding hydrogens is 309 g/mol. The monoisotopic (exact) mass is 320 g/mol. The van der Waals surface area contributed by atoms with Gasteiger partial charge in [0.1, 0.15) is 5.75 Å². The summed E-state index contributed by atoms with van der Waals surface area (Å²) in [5.41, 5.74) is 5.13. The summed E-state index contributed by atoms with van der Waals surface area (Å²) in [4.78, 5) is -0.322. The summed E-state index contributed by atoms with van der Waals surface area (Å²) < 4.78 is 64.9. The number of benzene rings is 1. The molecule has 0 atom stereocenters. The molecule has 0 aliphatic carbocycles. The van der Waals surface area contributed by atoms with Crippen molar-refractivity contribution in [2.75, 3.05) is 13.1 Å². The maximum absolute atomic E-state index is 12.0. The van der Waals surface area contributed by atoms with Crippen LogP contribution in [-0.4, -0.2) is 27.9 Å². The summed E-state index contributed by atoms with van der Waals surface area (Å²) in [5.74, 6) is -0.599. The van der Waals surface area contributed by atoms with E-state index in [1.54, 1.807) is 0 Å². The Morgan fingerprint density at radius 3 is 2.47 bits per heavy atom. The largest absolute Gasteiger partial charge is 0.573 e. The topological polar surface area (TPSA) is 81.4 Å². The summed E-state index contributed by atoms with van der Waals surface area (Å²) in [5, 5.41) is 0. The number of sulfonamides is 1. The van der Waals surface area contributed by atoms with Crippen LogP contribution < -0.4 is 15.2 Å². The average molecular weight is 321 g/mol. The molecule has 0 aliphatic heterocycles. The van der Waals surface area contributed by atoms with Gasteiger partial charge in [-0.15, -0.1) is 25.6 Å². The first kappa shape index (κ1) is 18.0. The molecule has 1 rings (SSSR count). The molecule has 0 spiro atoms. The number of hydrogen-bond acceptors (Lipinski definition) is 4. The van der Waals surface area contributed by atoms with Gasteiger partial charge in [-0.2, -0.15) is 0 Å². The van der Waals surface area contributed by atoms with Crippen LogP contribution in [0.2, 0.25) is 0 Å². The van der Waals surface area contributed by atoms with Crippen LogP contribution >= 0.6 is 12.4 Å². The second kappa shape index (κ2) is 6.94. The van der Waals surface area contributed by atoms with Crippen molar-refractivity contribution in [3.05, 3.63) is 24.3 Å². The van der Waals surface area contributed by atoms with Crippen LogP contribution in [0.25, 0.3) is 0 Å². The predicted octanol–water partition coefficient (Wildman–Crippen LogP) is 1.24. The minimum Gasteiger partial charge on any atom is -0.406 e. The van der Waals surface area contributed by atoms with Gasteiger partial charge in [-0.25, -0.2) is 13.1 Å². The smallest absolute Gasteiger partial charge is 0.406 e. The molecule has 0 unspecified atom stereocenters. The van der Waals surface area contributed by atoms with Crippen LogP contribution in [-0.2, 0) is 10.0 Å². The van der Waals surface area contributed by atoms with Crippen LogP contribution in [0.1, 0.15) is 0 Å². The minimum absolute atomic E-state index is 0. The molecule has 19 heavy (non-hydrogen) atoms. The standard InChI is InChI=1S/C9H11F3N2O3S.ClH/c10-9(11,12)17-7-2-1-3-8(6-7)18(15,16)14-5-4-13;/h1-3,6,14H,4-5,13H2;1H. The third kappa shape index (κ3) is 6.10. The summed E-state index contributed by atoms with van der Waals surface area (Å²) >= 11 is 0. The van der Waals surface area contributed by atoms with E-state index < -0.39 is 22.1 Å². The van der Waals surface area contributed by atoms with Gasteiger partial charge in [0.05, 0.1) is 4.90 Å². The van der Waals surface area contributed by atoms with E-state index in [0.717, 1.165) is 24.3 Å². The molecule has 0 amide bonds. The van der Waals surface area contributed by atoms with E-state index in [9.17, 15) is 21.6 Å². The Bertz CT molecular complexity index is 508. The second-order valence-corrected chi connectivity index (χ2v) is 4.98. The lowest BCUT2D eigenvalue weighted by molar-refractivity contribution is -0.274. The molecule has 0 fully saturated rings. The molecule has 10 heteroatoms. The number of ether oxygens (including phenoxy) is 1. The molecule has 3 N–H and O–H groups in total. The van der Waals surface area contributed by atoms with Crippen LogP contribution in [0.5, 0.6) is 5.75 Å². The van der Waals surface area contributed by atoms with Crippen molar-refractivity contribution in [2.24, 2.45) is 5.73 Å². The second-order valence-electron chi connectivity index (χ2n) is 3.21. The number of nitrogens with one attached hydrogen (secondary N) is 1. The van der Waals surface area contributed by atoms with Crippen LogP contribution in [0.3, 0.4) is 0 Å². The maximum Gasteiger partial charge on any atom is 0.573 e. The highest BCUT2D eigenvalue weighted by molar-refractivity contribution is 7.89. The Balaban J connectivity index is 0.00000324. The van der Waals surface area contributed by atoms with Crippen molar-refractivity contribution in [1.29, 1.82) is 0 Å². The predicted molar refractivity (Wildman–Crippen MR) is 64.6 cm³/mol. The zero-order chi connectivity index (χ0) is 13.8. The van der Waals surface area contributed by atoms with Gasteiger partial charge in [-0.3, -0.25) is 0 Å². The maximum atomic E-state index is 12.0. The molecule has 5 nitrogen and oxygen atoms in total.